The van der Waals surface area contributed by atoms with E-state index in [0.29, 0.717) is 18.0 Å². The molecular formula is C20H18N2O4S. The number of methoxy groups -OCH3 is 2. The highest BCUT2D eigenvalue weighted by atomic mass is 32.2. The van der Waals surface area contributed by atoms with E-state index in [1.807, 2.05) is 36.4 Å². The van der Waals surface area contributed by atoms with Crippen LogP contribution in [0, 0.1) is 10.1 Å². The molecule has 2 aromatic carbocycles. The molecule has 0 aliphatic carbocycles. The van der Waals surface area contributed by atoms with Crippen molar-refractivity contribution in [2.75, 3.05) is 14.2 Å². The summed E-state index contributed by atoms with van der Waals surface area (Å²) in [6.45, 7) is 0.592. The van der Waals surface area contributed by atoms with E-state index in [1.54, 1.807) is 38.1 Å². The van der Waals surface area contributed by atoms with Gasteiger partial charge in [0, 0.05) is 17.0 Å². The Labute approximate surface area is 161 Å². The Kier molecular flexibility index (Phi) is 5.93. The summed E-state index contributed by atoms with van der Waals surface area (Å²) in [5.74, 6) is 1.41. The third-order valence-electron chi connectivity index (χ3n) is 3.93. The molecule has 0 N–H and O–H groups in total. The zero-order valence-corrected chi connectivity index (χ0v) is 15.7. The lowest BCUT2D eigenvalue weighted by molar-refractivity contribution is -0.384. The van der Waals surface area contributed by atoms with Crippen LogP contribution >= 0.6 is 11.8 Å². The topological polar surface area (TPSA) is 74.0 Å². The minimum atomic E-state index is -0.408. The summed E-state index contributed by atoms with van der Waals surface area (Å²) in [6.07, 6.45) is 7.61. The molecule has 1 aliphatic heterocycles. The number of hydrogen-bond acceptors (Lipinski definition) is 6. The average Bonchev–Trinajstić information content (AvgIpc) is 2.70. The summed E-state index contributed by atoms with van der Waals surface area (Å²) in [7, 11) is 3.24. The van der Waals surface area contributed by atoms with Gasteiger partial charge in [0.15, 0.2) is 11.5 Å². The number of hydrogen-bond donors (Lipinski definition) is 0. The van der Waals surface area contributed by atoms with Gasteiger partial charge < -0.3 is 9.47 Å². The van der Waals surface area contributed by atoms with Crippen molar-refractivity contribution in [2.24, 2.45) is 4.99 Å². The maximum atomic E-state index is 10.7. The first-order chi connectivity index (χ1) is 13.1. The van der Waals surface area contributed by atoms with E-state index in [4.69, 9.17) is 9.47 Å². The van der Waals surface area contributed by atoms with Gasteiger partial charge >= 0.3 is 0 Å². The lowest BCUT2D eigenvalue weighted by atomic mass is 10.2. The average molecular weight is 382 g/mol. The van der Waals surface area contributed by atoms with Crippen LogP contribution in [0.4, 0.5) is 5.69 Å². The van der Waals surface area contributed by atoms with Gasteiger partial charge in [-0.25, -0.2) is 0 Å². The van der Waals surface area contributed by atoms with Crippen LogP contribution in [0.1, 0.15) is 11.1 Å². The fourth-order valence-electron chi connectivity index (χ4n) is 2.53. The largest absolute Gasteiger partial charge is 0.493 e. The van der Waals surface area contributed by atoms with Gasteiger partial charge in [-0.3, -0.25) is 15.1 Å². The van der Waals surface area contributed by atoms with Gasteiger partial charge in [-0.2, -0.15) is 0 Å². The number of aliphatic imine (C=N–C) groups is 1. The quantitative estimate of drug-likeness (QED) is 0.404. The van der Waals surface area contributed by atoms with Gasteiger partial charge in [-0.05, 0) is 41.5 Å². The summed E-state index contributed by atoms with van der Waals surface area (Å²) in [5.41, 5.74) is 2.09. The lowest BCUT2D eigenvalue weighted by Gasteiger charge is -2.17. The van der Waals surface area contributed by atoms with Crippen molar-refractivity contribution in [3.8, 4) is 11.5 Å². The van der Waals surface area contributed by atoms with Gasteiger partial charge in [0.05, 0.1) is 30.7 Å². The molecule has 0 unspecified atom stereocenters. The summed E-state index contributed by atoms with van der Waals surface area (Å²) < 4.78 is 10.7. The van der Waals surface area contributed by atoms with E-state index in [-0.39, 0.29) is 5.69 Å². The second kappa shape index (κ2) is 8.55. The third kappa shape index (κ3) is 4.57. The van der Waals surface area contributed by atoms with Gasteiger partial charge in [0.1, 0.15) is 0 Å². The maximum absolute atomic E-state index is 10.7. The van der Waals surface area contributed by atoms with Crippen molar-refractivity contribution in [3.63, 3.8) is 0 Å². The predicted octanol–water partition coefficient (Wildman–Crippen LogP) is 4.89. The van der Waals surface area contributed by atoms with E-state index in [1.165, 1.54) is 12.1 Å². The van der Waals surface area contributed by atoms with E-state index >= 15 is 0 Å². The highest BCUT2D eigenvalue weighted by Gasteiger charge is 2.16. The highest BCUT2D eigenvalue weighted by Crippen LogP contribution is 2.38. The molecule has 0 amide bonds. The second-order valence-corrected chi connectivity index (χ2v) is 6.70. The van der Waals surface area contributed by atoms with Crippen molar-refractivity contribution in [1.29, 1.82) is 0 Å². The van der Waals surface area contributed by atoms with Crippen LogP contribution in [-0.2, 0) is 6.54 Å². The van der Waals surface area contributed by atoms with E-state index in [9.17, 15) is 10.1 Å². The van der Waals surface area contributed by atoms with Gasteiger partial charge in [-0.1, -0.05) is 30.0 Å². The molecule has 0 aromatic heterocycles. The Morgan fingerprint density at radius 3 is 2.41 bits per heavy atom. The molecule has 1 heterocycles. The highest BCUT2D eigenvalue weighted by molar-refractivity contribution is 8.14. The van der Waals surface area contributed by atoms with Crippen LogP contribution in [0.5, 0.6) is 11.5 Å². The SMILES string of the molecule is COc1cc2c(cc1OC)SC(/C=C/C=C/c1ccc([N+](=O)[O-])cc1)=NC2. The number of thioether (sulfide) groups is 1. The van der Waals surface area contributed by atoms with Gasteiger partial charge in [0.25, 0.3) is 5.69 Å². The molecular weight excluding hydrogens is 364 g/mol. The molecule has 7 heteroatoms. The molecule has 0 saturated heterocycles. The van der Waals surface area contributed by atoms with E-state index in [0.717, 1.165) is 21.1 Å². The van der Waals surface area contributed by atoms with Crippen molar-refractivity contribution in [1.82, 2.24) is 0 Å². The number of non-ortho nitro benzene ring substituents is 1. The first-order valence-electron chi connectivity index (χ1n) is 8.17. The van der Waals surface area contributed by atoms with Gasteiger partial charge in [0.2, 0.25) is 0 Å². The second-order valence-electron chi connectivity index (χ2n) is 5.64. The number of ether oxygens (including phenoxy) is 2. The molecule has 0 radical (unpaired) electrons. The van der Waals surface area contributed by atoms with Crippen LogP contribution in [0.15, 0.2) is 64.5 Å². The standard InChI is InChI=1S/C20H18N2O4S/c1-25-17-11-15-13-21-20(27-19(15)12-18(17)26-2)6-4-3-5-14-7-9-16(10-8-14)22(23)24/h3-12H,13H2,1-2H3/b5-3+,6-4+. The predicted molar refractivity (Wildman–Crippen MR) is 108 cm³/mol. The maximum Gasteiger partial charge on any atom is 0.269 e. The number of fused-ring (bicyclic) bond motifs is 1. The Hall–Kier alpha value is -3.06. The number of nitro benzene ring substituents is 1. The summed E-state index contributed by atoms with van der Waals surface area (Å²) in [6, 6.07) is 10.3. The molecule has 138 valence electrons. The van der Waals surface area contributed by atoms with Crippen LogP contribution in [0.3, 0.4) is 0 Å². The molecule has 0 saturated carbocycles. The van der Waals surface area contributed by atoms with Crippen LogP contribution in [0.25, 0.3) is 6.08 Å². The van der Waals surface area contributed by atoms with Crippen molar-refractivity contribution >= 4 is 28.6 Å². The molecule has 6 nitrogen and oxygen atoms in total. The Morgan fingerprint density at radius 1 is 1.07 bits per heavy atom. The van der Waals surface area contributed by atoms with Crippen LogP contribution < -0.4 is 9.47 Å². The minimum Gasteiger partial charge on any atom is -0.493 e. The normalized spacial score (nSPS) is 13.5. The molecule has 0 spiro atoms. The third-order valence-corrected chi connectivity index (χ3v) is 5.00. The molecule has 0 fully saturated rings. The number of allylic oxidation sites excluding steroid dienone is 2. The smallest absolute Gasteiger partial charge is 0.269 e. The molecule has 1 aliphatic rings. The molecule has 0 atom stereocenters. The van der Waals surface area contributed by atoms with E-state index in [2.05, 4.69) is 4.99 Å². The van der Waals surface area contributed by atoms with Crippen molar-refractivity contribution < 1.29 is 14.4 Å². The van der Waals surface area contributed by atoms with Crippen LogP contribution in [0.2, 0.25) is 0 Å². The first-order valence-corrected chi connectivity index (χ1v) is 8.99. The Morgan fingerprint density at radius 2 is 1.74 bits per heavy atom. The summed E-state index contributed by atoms with van der Waals surface area (Å²) in [4.78, 5) is 15.9. The zero-order chi connectivity index (χ0) is 19.2. The van der Waals surface area contributed by atoms with E-state index < -0.39 is 4.92 Å². The minimum absolute atomic E-state index is 0.0846. The lowest BCUT2D eigenvalue weighted by Crippen LogP contribution is -2.01. The van der Waals surface area contributed by atoms with Crippen LogP contribution in [-0.4, -0.2) is 24.2 Å². The summed E-state index contributed by atoms with van der Waals surface area (Å²) >= 11 is 1.58. The molecule has 2 aromatic rings. The monoisotopic (exact) mass is 382 g/mol. The van der Waals surface area contributed by atoms with Gasteiger partial charge in [-0.15, -0.1) is 0 Å². The molecule has 3 rings (SSSR count). The first kappa shape index (κ1) is 18.7. The number of rotatable bonds is 6. The number of nitrogens with zero attached hydrogens (tertiary/aromatic N) is 2. The number of nitro groups is 1. The Bertz CT molecular complexity index is 934. The zero-order valence-electron chi connectivity index (χ0n) is 14.9. The number of benzene rings is 2. The fraction of sp³-hybridized carbons (Fsp3) is 0.150. The molecule has 0 bridgehead atoms. The Balaban J connectivity index is 1.65. The van der Waals surface area contributed by atoms with Crippen molar-refractivity contribution in [3.05, 3.63) is 75.9 Å². The molecule has 27 heavy (non-hydrogen) atoms. The summed E-state index contributed by atoms with van der Waals surface area (Å²) in [5, 5.41) is 11.6. The fourth-order valence-corrected chi connectivity index (χ4v) is 3.45. The van der Waals surface area contributed by atoms with Crippen molar-refractivity contribution in [2.45, 2.75) is 11.4 Å².